The molecule has 1 heterocycles. The van der Waals surface area contributed by atoms with Crippen LogP contribution in [0.1, 0.15) is 39.5 Å². The lowest BCUT2D eigenvalue weighted by atomic mass is 9.80. The Bertz CT molecular complexity index is 337. The normalized spacial score (nSPS) is 18.2. The van der Waals surface area contributed by atoms with E-state index in [1.165, 1.54) is 43.4 Å². The van der Waals surface area contributed by atoms with Crippen molar-refractivity contribution in [2.75, 3.05) is 33.0 Å². The summed E-state index contributed by atoms with van der Waals surface area (Å²) in [6.45, 7) is 3.14. The molecule has 0 spiro atoms. The van der Waals surface area contributed by atoms with Crippen LogP contribution in [0.2, 0.25) is 0 Å². The Morgan fingerprint density at radius 2 is 1.42 bits per heavy atom. The second-order valence-corrected chi connectivity index (χ2v) is 5.95. The minimum absolute atomic E-state index is 0.934. The van der Waals surface area contributed by atoms with Crippen LogP contribution in [0.4, 0.5) is 34.9 Å². The maximum absolute atomic E-state index is 11.2. The fraction of sp³-hybridized carbons (Fsp3) is 1.00. The summed E-state index contributed by atoms with van der Waals surface area (Å²) >= 11 is 0. The number of likely N-dealkylation sites (tertiary alicyclic amines) is 1. The zero-order chi connectivity index (χ0) is 19.1. The van der Waals surface area contributed by atoms with Gasteiger partial charge in [0.15, 0.2) is 6.73 Å². The molecule has 11 heteroatoms. The molecule has 146 valence electrons. The molecule has 1 aliphatic rings. The third-order valence-corrected chi connectivity index (χ3v) is 3.72. The van der Waals surface area contributed by atoms with Gasteiger partial charge in [-0.3, -0.25) is 0 Å². The first kappa shape index (κ1) is 23.4. The topological polar surface area (TPSA) is 9.23 Å². The molecule has 0 amide bonds. The molecule has 1 aliphatic heterocycles. The molecule has 0 aromatic heterocycles. The molecular weight excluding hydrogens is 349 g/mol. The van der Waals surface area contributed by atoms with E-state index in [1.807, 2.05) is 0 Å². The molecule has 0 atom stereocenters. The standard InChI is InChI=1S/C11H24NO.C2BF8/c1-3-7-12(8-5-6-9-12)11-13-10-4-2;4-1(5,2(6,7)8)3(9,10)11/h3-11H2,1-2H3;/q+1;-1. The van der Waals surface area contributed by atoms with Crippen LogP contribution in [0.5, 0.6) is 0 Å². The highest BCUT2D eigenvalue weighted by Crippen LogP contribution is 2.44. The van der Waals surface area contributed by atoms with Crippen LogP contribution in [-0.4, -0.2) is 56.4 Å². The molecule has 0 N–H and O–H groups in total. The highest BCUT2D eigenvalue weighted by atomic mass is 19.4. The van der Waals surface area contributed by atoms with E-state index in [4.69, 9.17) is 4.74 Å². The summed E-state index contributed by atoms with van der Waals surface area (Å²) in [6.07, 6.45) is -1.32. The van der Waals surface area contributed by atoms with Gasteiger partial charge in [0.2, 0.25) is 0 Å². The van der Waals surface area contributed by atoms with E-state index in [-0.39, 0.29) is 0 Å². The molecular formula is C13H24BF8NO. The van der Waals surface area contributed by atoms with Gasteiger partial charge in [-0.2, -0.15) is 13.2 Å². The molecule has 0 saturated carbocycles. The number of alkyl halides is 5. The van der Waals surface area contributed by atoms with E-state index in [0.717, 1.165) is 19.8 Å². The zero-order valence-electron chi connectivity index (χ0n) is 13.8. The highest BCUT2D eigenvalue weighted by molar-refractivity contribution is 6.61. The summed E-state index contributed by atoms with van der Waals surface area (Å²) in [4.78, 5) is 0. The Morgan fingerprint density at radius 3 is 1.71 bits per heavy atom. The Labute approximate surface area is 136 Å². The van der Waals surface area contributed by atoms with Gasteiger partial charge < -0.3 is 22.2 Å². The molecule has 0 aromatic carbocycles. The van der Waals surface area contributed by atoms with Gasteiger partial charge in [-0.25, -0.2) is 8.78 Å². The summed E-state index contributed by atoms with van der Waals surface area (Å²) in [5.74, 6) is -6.56. The van der Waals surface area contributed by atoms with E-state index < -0.39 is 19.0 Å². The first-order valence-electron chi connectivity index (χ1n) is 7.89. The number of ether oxygens (including phenoxy) is 1. The molecule has 1 fully saturated rings. The second-order valence-electron chi connectivity index (χ2n) is 5.95. The van der Waals surface area contributed by atoms with Gasteiger partial charge in [0.05, 0.1) is 26.2 Å². The van der Waals surface area contributed by atoms with Crippen molar-refractivity contribution >= 4 is 6.98 Å². The molecule has 0 aliphatic carbocycles. The quantitative estimate of drug-likeness (QED) is 0.265. The van der Waals surface area contributed by atoms with Crippen LogP contribution in [0, 0.1) is 0 Å². The van der Waals surface area contributed by atoms with Gasteiger partial charge in [0.25, 0.3) is 0 Å². The lowest BCUT2D eigenvalue weighted by molar-refractivity contribution is -0.935. The predicted octanol–water partition coefficient (Wildman–Crippen LogP) is 4.96. The average molecular weight is 373 g/mol. The van der Waals surface area contributed by atoms with Crippen molar-refractivity contribution in [1.82, 2.24) is 0 Å². The van der Waals surface area contributed by atoms with Crippen molar-refractivity contribution in [3.8, 4) is 0 Å². The van der Waals surface area contributed by atoms with Crippen LogP contribution < -0.4 is 0 Å². The maximum atomic E-state index is 11.2. The summed E-state index contributed by atoms with van der Waals surface area (Å²) in [5, 5.41) is 0. The lowest BCUT2D eigenvalue weighted by Gasteiger charge is -2.33. The van der Waals surface area contributed by atoms with Crippen molar-refractivity contribution in [2.24, 2.45) is 0 Å². The monoisotopic (exact) mass is 373 g/mol. The average Bonchev–Trinajstić information content (AvgIpc) is 2.86. The van der Waals surface area contributed by atoms with Crippen molar-refractivity contribution in [1.29, 1.82) is 0 Å². The van der Waals surface area contributed by atoms with Crippen LogP contribution in [-0.2, 0) is 4.74 Å². The smallest absolute Gasteiger partial charge is 0.445 e. The van der Waals surface area contributed by atoms with E-state index in [2.05, 4.69) is 13.8 Å². The summed E-state index contributed by atoms with van der Waals surface area (Å²) in [5.41, 5.74) is 0. The minimum Gasteiger partial charge on any atom is -0.445 e. The molecule has 24 heavy (non-hydrogen) atoms. The zero-order valence-corrected chi connectivity index (χ0v) is 13.8. The fourth-order valence-electron chi connectivity index (χ4n) is 2.49. The van der Waals surface area contributed by atoms with Gasteiger partial charge in [-0.05, 0) is 12.8 Å². The number of quaternary nitrogens is 1. The van der Waals surface area contributed by atoms with Gasteiger partial charge in [0.1, 0.15) is 0 Å². The largest absolute Gasteiger partial charge is 0.558 e. The number of hydrogen-bond acceptors (Lipinski definition) is 1. The third kappa shape index (κ3) is 6.74. The summed E-state index contributed by atoms with van der Waals surface area (Å²) < 4.78 is 94.7. The molecule has 0 bridgehead atoms. The first-order chi connectivity index (χ1) is 10.8. The molecule has 2 nitrogen and oxygen atoms in total. The molecule has 0 radical (unpaired) electrons. The van der Waals surface area contributed by atoms with Gasteiger partial charge >= 0.3 is 19.0 Å². The molecule has 0 aromatic rings. The van der Waals surface area contributed by atoms with Gasteiger partial charge in [-0.1, -0.05) is 13.8 Å². The molecule has 1 saturated heterocycles. The van der Waals surface area contributed by atoms with Crippen LogP contribution in [0.3, 0.4) is 0 Å². The second kappa shape index (κ2) is 9.21. The van der Waals surface area contributed by atoms with Crippen molar-refractivity contribution in [3.05, 3.63) is 0 Å². The van der Waals surface area contributed by atoms with E-state index in [9.17, 15) is 34.9 Å². The van der Waals surface area contributed by atoms with E-state index >= 15 is 0 Å². The first-order valence-corrected chi connectivity index (χ1v) is 7.89. The van der Waals surface area contributed by atoms with Crippen LogP contribution in [0.25, 0.3) is 0 Å². The molecule has 0 unspecified atom stereocenters. The maximum Gasteiger partial charge on any atom is 0.558 e. The van der Waals surface area contributed by atoms with Crippen LogP contribution >= 0.6 is 0 Å². The number of hydrogen-bond donors (Lipinski definition) is 0. The van der Waals surface area contributed by atoms with Gasteiger partial charge in [0, 0.05) is 12.8 Å². The number of halogens is 8. The fourth-order valence-corrected chi connectivity index (χ4v) is 2.49. The Balaban J connectivity index is 0.000000449. The molecule has 1 rings (SSSR count). The summed E-state index contributed by atoms with van der Waals surface area (Å²) in [7, 11) is 0. The Hall–Kier alpha value is -0.575. The SMILES string of the molecule is CCCOC[N+]1(CCC)CCCC1.F[B-](F)(F)C(F)(F)C(F)(F)F. The number of rotatable bonds is 7. The summed E-state index contributed by atoms with van der Waals surface area (Å²) in [6, 6.07) is 0. The number of nitrogens with zero attached hydrogens (tertiary/aromatic N) is 1. The van der Waals surface area contributed by atoms with E-state index in [0.29, 0.717) is 0 Å². The minimum atomic E-state index is -7.21. The van der Waals surface area contributed by atoms with Crippen LogP contribution in [0.15, 0.2) is 0 Å². The lowest BCUT2D eigenvalue weighted by Crippen LogP contribution is -2.53. The van der Waals surface area contributed by atoms with Gasteiger partial charge in [-0.15, -0.1) is 0 Å². The van der Waals surface area contributed by atoms with Crippen molar-refractivity contribution in [2.45, 2.75) is 51.5 Å². The Kier molecular flexibility index (Phi) is 8.99. The van der Waals surface area contributed by atoms with E-state index in [1.54, 1.807) is 0 Å². The van der Waals surface area contributed by atoms with Crippen molar-refractivity contribution in [3.63, 3.8) is 0 Å². The van der Waals surface area contributed by atoms with Crippen molar-refractivity contribution < 1.29 is 44.1 Å². The predicted molar refractivity (Wildman–Crippen MR) is 75.6 cm³/mol. The highest BCUT2D eigenvalue weighted by Gasteiger charge is 2.69. The Morgan fingerprint density at radius 1 is 0.917 bits per heavy atom. The third-order valence-electron chi connectivity index (χ3n) is 3.72.